The van der Waals surface area contributed by atoms with Crippen LogP contribution in [0.15, 0.2) is 51.5 Å². The first-order valence-corrected chi connectivity index (χ1v) is 10.4. The fraction of sp³-hybridized carbons (Fsp3) is 0.348. The molecular weight excluding hydrogens is 437 g/mol. The van der Waals surface area contributed by atoms with E-state index in [4.69, 9.17) is 8.83 Å². The zero-order valence-electron chi connectivity index (χ0n) is 17.8. The lowest BCUT2D eigenvalue weighted by Crippen LogP contribution is -2.41. The third kappa shape index (κ3) is 4.72. The number of carbonyl (C=O) groups excluding carboxylic acids is 1. The van der Waals surface area contributed by atoms with Gasteiger partial charge in [-0.3, -0.25) is 4.79 Å². The second-order valence-corrected chi connectivity index (χ2v) is 7.87. The average molecular weight is 458 g/mol. The summed E-state index contributed by atoms with van der Waals surface area (Å²) in [4.78, 5) is 20.3. The summed E-state index contributed by atoms with van der Waals surface area (Å²) in [5, 5.41) is 9.42. The predicted octanol–water partition coefficient (Wildman–Crippen LogP) is 4.70. The molecular formula is C23H21F3N4O3. The molecule has 172 valence electrons. The number of anilines is 1. The van der Waals surface area contributed by atoms with Crippen LogP contribution in [0.25, 0.3) is 11.7 Å². The van der Waals surface area contributed by atoms with Gasteiger partial charge in [0.2, 0.25) is 17.5 Å². The number of furan rings is 1. The number of carbonyl (C=O) groups is 1. The summed E-state index contributed by atoms with van der Waals surface area (Å²) in [7, 11) is 1.52. The Bertz CT molecular complexity index is 1160. The number of oxazole rings is 1. The van der Waals surface area contributed by atoms with Crippen molar-refractivity contribution in [2.24, 2.45) is 5.92 Å². The van der Waals surface area contributed by atoms with Crippen molar-refractivity contribution in [3.63, 3.8) is 0 Å². The molecule has 1 aliphatic rings. The van der Waals surface area contributed by atoms with Gasteiger partial charge in [0.15, 0.2) is 5.76 Å². The van der Waals surface area contributed by atoms with Crippen LogP contribution in [0.5, 0.6) is 0 Å². The normalized spacial score (nSPS) is 14.8. The lowest BCUT2D eigenvalue weighted by molar-refractivity contribution is -0.140. The van der Waals surface area contributed by atoms with Gasteiger partial charge in [0.25, 0.3) is 5.89 Å². The third-order valence-electron chi connectivity index (χ3n) is 5.69. The number of halogens is 3. The van der Waals surface area contributed by atoms with E-state index < -0.39 is 11.7 Å². The highest BCUT2D eigenvalue weighted by Gasteiger charge is 2.34. The van der Waals surface area contributed by atoms with Gasteiger partial charge in [-0.15, -0.1) is 0 Å². The number of nitriles is 1. The van der Waals surface area contributed by atoms with Gasteiger partial charge in [-0.25, -0.2) is 0 Å². The summed E-state index contributed by atoms with van der Waals surface area (Å²) in [6.45, 7) is 0.775. The molecule has 1 fully saturated rings. The number of nitrogens with zero attached hydrogens (tertiary/aromatic N) is 4. The molecule has 4 rings (SSSR count). The van der Waals surface area contributed by atoms with E-state index in [2.05, 4.69) is 4.98 Å². The Morgan fingerprint density at radius 2 is 1.97 bits per heavy atom. The lowest BCUT2D eigenvalue weighted by atomic mass is 9.95. The van der Waals surface area contributed by atoms with Crippen molar-refractivity contribution in [3.8, 4) is 17.7 Å². The van der Waals surface area contributed by atoms with Crippen LogP contribution >= 0.6 is 0 Å². The third-order valence-corrected chi connectivity index (χ3v) is 5.69. The van der Waals surface area contributed by atoms with Gasteiger partial charge >= 0.3 is 6.18 Å². The molecule has 3 aromatic rings. The fourth-order valence-electron chi connectivity index (χ4n) is 4.01. The van der Waals surface area contributed by atoms with E-state index in [1.165, 1.54) is 36.4 Å². The Balaban J connectivity index is 1.41. The minimum atomic E-state index is -4.48. The van der Waals surface area contributed by atoms with E-state index in [0.717, 1.165) is 6.07 Å². The lowest BCUT2D eigenvalue weighted by Gasteiger charge is -2.33. The van der Waals surface area contributed by atoms with Gasteiger partial charge in [0.05, 0.1) is 11.8 Å². The highest BCUT2D eigenvalue weighted by atomic mass is 19.4. The number of amides is 1. The summed E-state index contributed by atoms with van der Waals surface area (Å²) >= 11 is 0. The minimum Gasteiger partial charge on any atom is -0.459 e. The SMILES string of the molecule is CN(Cc1ccccc1C(F)(F)F)C(=O)C1CCN(c2oc(-c3ccco3)nc2C#N)CC1. The summed E-state index contributed by atoms with van der Waals surface area (Å²) in [6.07, 6.45) is -2.04. The van der Waals surface area contributed by atoms with Crippen LogP contribution < -0.4 is 4.90 Å². The second kappa shape index (κ2) is 9.02. The van der Waals surface area contributed by atoms with Gasteiger partial charge in [0, 0.05) is 32.6 Å². The van der Waals surface area contributed by atoms with E-state index >= 15 is 0 Å². The van der Waals surface area contributed by atoms with E-state index in [1.54, 1.807) is 12.1 Å². The summed E-state index contributed by atoms with van der Waals surface area (Å²) in [5.41, 5.74) is -0.544. The Morgan fingerprint density at radius 3 is 2.61 bits per heavy atom. The molecule has 0 N–H and O–H groups in total. The molecule has 1 amide bonds. The first-order chi connectivity index (χ1) is 15.8. The standard InChI is InChI=1S/C23H21F3N4O3/c1-29(14-16-5-2-3-6-17(16)23(24,25)26)21(31)15-8-10-30(11-9-15)22-18(13-27)28-20(33-22)19-7-4-12-32-19/h2-7,12,15H,8-11,14H2,1H3. The molecule has 0 spiro atoms. The van der Waals surface area contributed by atoms with Crippen LogP contribution in [0.3, 0.4) is 0 Å². The molecule has 7 nitrogen and oxygen atoms in total. The number of hydrogen-bond acceptors (Lipinski definition) is 6. The van der Waals surface area contributed by atoms with Crippen molar-refractivity contribution in [1.82, 2.24) is 9.88 Å². The number of hydrogen-bond donors (Lipinski definition) is 0. The highest BCUT2D eigenvalue weighted by molar-refractivity contribution is 5.79. The topological polar surface area (TPSA) is 86.5 Å². The maximum absolute atomic E-state index is 13.3. The molecule has 0 aliphatic carbocycles. The first kappa shape index (κ1) is 22.5. The summed E-state index contributed by atoms with van der Waals surface area (Å²) in [5.74, 6) is 0.391. The van der Waals surface area contributed by atoms with Crippen molar-refractivity contribution in [2.45, 2.75) is 25.6 Å². The highest BCUT2D eigenvalue weighted by Crippen LogP contribution is 2.34. The van der Waals surface area contributed by atoms with Crippen LogP contribution in [0.2, 0.25) is 0 Å². The second-order valence-electron chi connectivity index (χ2n) is 7.87. The molecule has 0 unspecified atom stereocenters. The molecule has 33 heavy (non-hydrogen) atoms. The zero-order valence-corrected chi connectivity index (χ0v) is 17.8. The number of benzene rings is 1. The van der Waals surface area contributed by atoms with Crippen molar-refractivity contribution in [2.75, 3.05) is 25.0 Å². The first-order valence-electron chi connectivity index (χ1n) is 10.4. The minimum absolute atomic E-state index is 0.0593. The number of aromatic nitrogens is 1. The van der Waals surface area contributed by atoms with Gasteiger partial charge in [0.1, 0.15) is 6.07 Å². The molecule has 3 heterocycles. The molecule has 10 heteroatoms. The van der Waals surface area contributed by atoms with Crippen molar-refractivity contribution < 1.29 is 26.8 Å². The largest absolute Gasteiger partial charge is 0.459 e. The Kier molecular flexibility index (Phi) is 6.14. The molecule has 1 aromatic carbocycles. The quantitative estimate of drug-likeness (QED) is 0.551. The predicted molar refractivity (Wildman–Crippen MR) is 112 cm³/mol. The van der Waals surface area contributed by atoms with E-state index in [9.17, 15) is 23.2 Å². The van der Waals surface area contributed by atoms with E-state index in [0.29, 0.717) is 37.6 Å². The van der Waals surface area contributed by atoms with Crippen LogP contribution in [-0.4, -0.2) is 35.9 Å². The maximum Gasteiger partial charge on any atom is 0.416 e. The van der Waals surface area contributed by atoms with E-state index in [1.807, 2.05) is 11.0 Å². The molecule has 1 saturated heterocycles. The van der Waals surface area contributed by atoms with Gasteiger partial charge < -0.3 is 18.6 Å². The molecule has 0 saturated carbocycles. The average Bonchev–Trinajstić information content (AvgIpc) is 3.48. The number of rotatable bonds is 5. The van der Waals surface area contributed by atoms with Crippen molar-refractivity contribution in [1.29, 1.82) is 5.26 Å². The van der Waals surface area contributed by atoms with Crippen LogP contribution in [-0.2, 0) is 17.5 Å². The van der Waals surface area contributed by atoms with Gasteiger partial charge in [-0.05, 0) is 36.6 Å². The van der Waals surface area contributed by atoms with Crippen molar-refractivity contribution >= 4 is 11.8 Å². The molecule has 0 atom stereocenters. The fourth-order valence-corrected chi connectivity index (χ4v) is 4.01. The van der Waals surface area contributed by atoms with Gasteiger partial charge in [-0.2, -0.15) is 23.4 Å². The Hall–Kier alpha value is -3.74. The van der Waals surface area contributed by atoms with E-state index in [-0.39, 0.29) is 35.5 Å². The van der Waals surface area contributed by atoms with Gasteiger partial charge in [-0.1, -0.05) is 18.2 Å². The molecule has 2 aromatic heterocycles. The van der Waals surface area contributed by atoms with Crippen LogP contribution in [0.1, 0.15) is 29.7 Å². The number of piperidine rings is 1. The molecule has 0 bridgehead atoms. The molecule has 0 radical (unpaired) electrons. The maximum atomic E-state index is 13.3. The number of alkyl halides is 3. The van der Waals surface area contributed by atoms with Crippen molar-refractivity contribution in [3.05, 3.63) is 59.5 Å². The Morgan fingerprint density at radius 1 is 1.24 bits per heavy atom. The smallest absolute Gasteiger partial charge is 0.416 e. The summed E-state index contributed by atoms with van der Waals surface area (Å²) in [6, 6.07) is 10.7. The van der Waals surface area contributed by atoms with Crippen LogP contribution in [0, 0.1) is 17.2 Å². The Labute approximate surface area is 188 Å². The summed E-state index contributed by atoms with van der Waals surface area (Å²) < 4.78 is 50.8. The zero-order chi connectivity index (χ0) is 23.6. The monoisotopic (exact) mass is 458 g/mol. The van der Waals surface area contributed by atoms with Crippen LogP contribution in [0.4, 0.5) is 19.1 Å². The molecule has 1 aliphatic heterocycles.